The van der Waals surface area contributed by atoms with Crippen molar-refractivity contribution in [3.63, 3.8) is 0 Å². The highest BCUT2D eigenvalue weighted by molar-refractivity contribution is 6.30. The van der Waals surface area contributed by atoms with Crippen molar-refractivity contribution in [3.8, 4) is 5.69 Å². The maximum Gasteiger partial charge on any atom is 0.0649 e. The van der Waals surface area contributed by atoms with Crippen LogP contribution in [0.3, 0.4) is 0 Å². The van der Waals surface area contributed by atoms with Gasteiger partial charge in [-0.15, -0.1) is 0 Å². The van der Waals surface area contributed by atoms with Crippen LogP contribution in [0, 0.1) is 13.8 Å². The zero-order chi connectivity index (χ0) is 16.3. The summed E-state index contributed by atoms with van der Waals surface area (Å²) in [6.45, 7) is 8.18. The van der Waals surface area contributed by atoms with E-state index >= 15 is 0 Å². The van der Waals surface area contributed by atoms with Crippen LogP contribution >= 0.6 is 11.6 Å². The minimum absolute atomic E-state index is 0.506. The summed E-state index contributed by atoms with van der Waals surface area (Å²) >= 11 is 5.96. The van der Waals surface area contributed by atoms with E-state index in [0.29, 0.717) is 6.04 Å². The number of rotatable bonds is 6. The molecule has 1 heterocycles. The molecule has 0 radical (unpaired) electrons. The predicted octanol–water partition coefficient (Wildman–Crippen LogP) is 3.18. The van der Waals surface area contributed by atoms with Crippen LogP contribution in [0.4, 0.5) is 0 Å². The third-order valence-electron chi connectivity index (χ3n) is 4.14. The molecule has 0 fully saturated rings. The standard InChI is InChI=1S/C17H25ClN4/c1-12(21(4)5)10-19-11-17-13(2)20-22(14(17)3)16-8-6-15(18)7-9-16/h6-9,12,19H,10-11H2,1-5H3. The van der Waals surface area contributed by atoms with Crippen molar-refractivity contribution in [1.82, 2.24) is 20.0 Å². The molecule has 2 aromatic rings. The molecule has 1 unspecified atom stereocenters. The third-order valence-corrected chi connectivity index (χ3v) is 4.39. The van der Waals surface area contributed by atoms with E-state index in [2.05, 4.69) is 50.2 Å². The van der Waals surface area contributed by atoms with Crippen LogP contribution in [0.2, 0.25) is 5.02 Å². The molecular formula is C17H25ClN4. The Hall–Kier alpha value is -1.36. The first-order valence-electron chi connectivity index (χ1n) is 7.58. The molecule has 1 atom stereocenters. The SMILES string of the molecule is Cc1nn(-c2ccc(Cl)cc2)c(C)c1CNCC(C)N(C)C. The first-order valence-corrected chi connectivity index (χ1v) is 7.96. The summed E-state index contributed by atoms with van der Waals surface area (Å²) < 4.78 is 1.98. The van der Waals surface area contributed by atoms with Crippen molar-refractivity contribution in [3.05, 3.63) is 46.2 Å². The predicted molar refractivity (Wildman–Crippen MR) is 92.9 cm³/mol. The summed E-state index contributed by atoms with van der Waals surface area (Å²) in [5, 5.41) is 8.93. The summed E-state index contributed by atoms with van der Waals surface area (Å²) in [6, 6.07) is 8.28. The highest BCUT2D eigenvalue weighted by Gasteiger charge is 2.13. The van der Waals surface area contributed by atoms with E-state index in [0.717, 1.165) is 29.5 Å². The average molecular weight is 321 g/mol. The fraction of sp³-hybridized carbons (Fsp3) is 0.471. The Balaban J connectivity index is 2.12. The van der Waals surface area contributed by atoms with E-state index in [9.17, 15) is 0 Å². The fourth-order valence-electron chi connectivity index (χ4n) is 2.35. The molecule has 22 heavy (non-hydrogen) atoms. The van der Waals surface area contributed by atoms with Crippen molar-refractivity contribution in [1.29, 1.82) is 0 Å². The molecule has 0 amide bonds. The molecule has 0 spiro atoms. The lowest BCUT2D eigenvalue weighted by atomic mass is 10.2. The van der Waals surface area contributed by atoms with Gasteiger partial charge in [0.1, 0.15) is 0 Å². The Morgan fingerprint density at radius 2 is 1.86 bits per heavy atom. The molecule has 0 aliphatic rings. The summed E-state index contributed by atoms with van der Waals surface area (Å²) in [4.78, 5) is 2.21. The van der Waals surface area contributed by atoms with Crippen molar-refractivity contribution in [2.75, 3.05) is 20.6 Å². The second-order valence-electron chi connectivity index (χ2n) is 5.98. The van der Waals surface area contributed by atoms with Crippen molar-refractivity contribution in [2.45, 2.75) is 33.4 Å². The molecule has 0 saturated carbocycles. The van der Waals surface area contributed by atoms with Crippen LogP contribution in [0.25, 0.3) is 5.69 Å². The molecule has 4 nitrogen and oxygen atoms in total. The highest BCUT2D eigenvalue weighted by Crippen LogP contribution is 2.19. The maximum absolute atomic E-state index is 5.96. The normalized spacial score (nSPS) is 12.9. The van der Waals surface area contributed by atoms with Gasteiger partial charge in [0, 0.05) is 35.4 Å². The molecule has 1 N–H and O–H groups in total. The van der Waals surface area contributed by atoms with Gasteiger partial charge < -0.3 is 10.2 Å². The largest absolute Gasteiger partial charge is 0.311 e. The second kappa shape index (κ2) is 7.27. The van der Waals surface area contributed by atoms with Crippen LogP contribution in [-0.4, -0.2) is 41.4 Å². The third kappa shape index (κ3) is 3.88. The lowest BCUT2D eigenvalue weighted by Crippen LogP contribution is -2.35. The van der Waals surface area contributed by atoms with E-state index in [1.54, 1.807) is 0 Å². The van der Waals surface area contributed by atoms with Gasteiger partial charge in [-0.05, 0) is 59.1 Å². The van der Waals surface area contributed by atoms with E-state index in [-0.39, 0.29) is 0 Å². The Labute approximate surface area is 138 Å². The van der Waals surface area contributed by atoms with Gasteiger partial charge in [-0.1, -0.05) is 11.6 Å². The van der Waals surface area contributed by atoms with E-state index in [4.69, 9.17) is 11.6 Å². The maximum atomic E-state index is 5.96. The first kappa shape index (κ1) is 17.0. The number of hydrogen-bond acceptors (Lipinski definition) is 3. The number of hydrogen-bond donors (Lipinski definition) is 1. The van der Waals surface area contributed by atoms with Gasteiger partial charge in [-0.3, -0.25) is 0 Å². The quantitative estimate of drug-likeness (QED) is 0.887. The molecule has 0 aliphatic carbocycles. The van der Waals surface area contributed by atoms with Crippen LogP contribution in [0.15, 0.2) is 24.3 Å². The topological polar surface area (TPSA) is 33.1 Å². The Bertz CT molecular complexity index is 616. The molecule has 1 aromatic carbocycles. The molecular weight excluding hydrogens is 296 g/mol. The Kier molecular flexibility index (Phi) is 5.62. The fourth-order valence-corrected chi connectivity index (χ4v) is 2.48. The molecule has 5 heteroatoms. The summed E-state index contributed by atoms with van der Waals surface area (Å²) in [5.41, 5.74) is 4.54. The van der Waals surface area contributed by atoms with E-state index < -0.39 is 0 Å². The summed E-state index contributed by atoms with van der Waals surface area (Å²) in [7, 11) is 4.20. The zero-order valence-electron chi connectivity index (χ0n) is 14.0. The second-order valence-corrected chi connectivity index (χ2v) is 6.42. The number of benzene rings is 1. The number of halogens is 1. The minimum Gasteiger partial charge on any atom is -0.311 e. The first-order chi connectivity index (χ1) is 10.4. The van der Waals surface area contributed by atoms with Gasteiger partial charge in [0.15, 0.2) is 0 Å². The van der Waals surface area contributed by atoms with Gasteiger partial charge in [0.05, 0.1) is 11.4 Å². The lowest BCUT2D eigenvalue weighted by Gasteiger charge is -2.20. The molecule has 0 bridgehead atoms. The van der Waals surface area contributed by atoms with Crippen LogP contribution < -0.4 is 5.32 Å². The molecule has 2 rings (SSSR count). The summed E-state index contributed by atoms with van der Waals surface area (Å²) in [5.74, 6) is 0. The zero-order valence-corrected chi connectivity index (χ0v) is 14.8. The number of nitrogens with one attached hydrogen (secondary N) is 1. The van der Waals surface area contributed by atoms with Crippen molar-refractivity contribution in [2.24, 2.45) is 0 Å². The van der Waals surface area contributed by atoms with Gasteiger partial charge >= 0.3 is 0 Å². The number of aryl methyl sites for hydroxylation is 1. The molecule has 0 saturated heterocycles. The van der Waals surface area contributed by atoms with Gasteiger partial charge in [0.25, 0.3) is 0 Å². The van der Waals surface area contributed by atoms with Gasteiger partial charge in [0.2, 0.25) is 0 Å². The number of likely N-dealkylation sites (N-methyl/N-ethyl adjacent to an activating group) is 1. The monoisotopic (exact) mass is 320 g/mol. The van der Waals surface area contributed by atoms with E-state index in [1.165, 1.54) is 11.3 Å². The van der Waals surface area contributed by atoms with Gasteiger partial charge in [-0.2, -0.15) is 5.10 Å². The Morgan fingerprint density at radius 3 is 2.45 bits per heavy atom. The smallest absolute Gasteiger partial charge is 0.0649 e. The Morgan fingerprint density at radius 1 is 1.23 bits per heavy atom. The van der Waals surface area contributed by atoms with Crippen molar-refractivity contribution < 1.29 is 0 Å². The van der Waals surface area contributed by atoms with Crippen molar-refractivity contribution >= 4 is 11.6 Å². The molecule has 120 valence electrons. The highest BCUT2D eigenvalue weighted by atomic mass is 35.5. The molecule has 1 aromatic heterocycles. The van der Waals surface area contributed by atoms with Crippen LogP contribution in [0.5, 0.6) is 0 Å². The van der Waals surface area contributed by atoms with Crippen LogP contribution in [-0.2, 0) is 6.54 Å². The van der Waals surface area contributed by atoms with E-state index in [1.807, 2.05) is 28.9 Å². The summed E-state index contributed by atoms with van der Waals surface area (Å²) in [6.07, 6.45) is 0. The number of aromatic nitrogens is 2. The van der Waals surface area contributed by atoms with Gasteiger partial charge in [-0.25, -0.2) is 4.68 Å². The molecule has 0 aliphatic heterocycles. The number of nitrogens with zero attached hydrogens (tertiary/aromatic N) is 3. The lowest BCUT2D eigenvalue weighted by molar-refractivity contribution is 0.302. The average Bonchev–Trinajstić information content (AvgIpc) is 2.75. The van der Waals surface area contributed by atoms with Crippen LogP contribution in [0.1, 0.15) is 23.9 Å². The minimum atomic E-state index is 0.506.